The minimum absolute atomic E-state index is 0. The number of rotatable bonds is 3. The number of aromatic nitrogens is 2. The van der Waals surface area contributed by atoms with Crippen LogP contribution in [-0.2, 0) is 0 Å². The summed E-state index contributed by atoms with van der Waals surface area (Å²) in [6.07, 6.45) is 1.96. The summed E-state index contributed by atoms with van der Waals surface area (Å²) < 4.78 is 1.92. The zero-order valence-electron chi connectivity index (χ0n) is 13.0. The first-order valence-electron chi connectivity index (χ1n) is 7.65. The minimum atomic E-state index is -0.0579. The molecule has 0 spiro atoms. The molecule has 1 aromatic heterocycles. The third-order valence-corrected chi connectivity index (χ3v) is 3.99. The normalized spacial score (nSPS) is 15.8. The zero-order chi connectivity index (χ0) is 14.8. The molecular weight excluding hydrogens is 300 g/mol. The fourth-order valence-corrected chi connectivity index (χ4v) is 2.87. The summed E-state index contributed by atoms with van der Waals surface area (Å²) in [6, 6.07) is 8.41. The quantitative estimate of drug-likeness (QED) is 0.913. The van der Waals surface area contributed by atoms with E-state index in [4.69, 9.17) is 0 Å². The molecule has 0 atom stereocenters. The predicted molar refractivity (Wildman–Crippen MR) is 90.7 cm³/mol. The van der Waals surface area contributed by atoms with Gasteiger partial charge in [-0.15, -0.1) is 12.4 Å². The Balaban J connectivity index is 0.00000176. The van der Waals surface area contributed by atoms with Crippen molar-refractivity contribution in [3.05, 3.63) is 30.0 Å². The van der Waals surface area contributed by atoms with Crippen LogP contribution in [0.3, 0.4) is 0 Å². The number of nitrogens with zero attached hydrogens (tertiary/aromatic N) is 2. The number of carbonyl (C=O) groups is 1. The van der Waals surface area contributed by atoms with Crippen LogP contribution in [0.2, 0.25) is 0 Å². The van der Waals surface area contributed by atoms with Crippen LogP contribution < -0.4 is 10.6 Å². The molecule has 22 heavy (non-hydrogen) atoms. The van der Waals surface area contributed by atoms with Crippen molar-refractivity contribution >= 4 is 29.2 Å². The number of carbonyl (C=O) groups excluding carboxylic acids is 1. The highest BCUT2D eigenvalue weighted by Crippen LogP contribution is 2.21. The van der Waals surface area contributed by atoms with Crippen molar-refractivity contribution in [2.45, 2.75) is 38.8 Å². The zero-order valence-corrected chi connectivity index (χ0v) is 13.8. The fourth-order valence-electron chi connectivity index (χ4n) is 2.87. The molecule has 1 amide bonds. The van der Waals surface area contributed by atoms with Crippen molar-refractivity contribution in [3.8, 4) is 0 Å². The third kappa shape index (κ3) is 3.25. The molecule has 1 aliphatic rings. The first kappa shape index (κ1) is 16.8. The van der Waals surface area contributed by atoms with Crippen LogP contribution in [0.4, 0.5) is 0 Å². The molecule has 2 heterocycles. The number of hydrogen-bond donors (Lipinski definition) is 2. The molecule has 2 aromatic rings. The number of fused-ring (bicyclic) bond motifs is 1. The van der Waals surface area contributed by atoms with Crippen LogP contribution >= 0.6 is 12.4 Å². The summed E-state index contributed by atoms with van der Waals surface area (Å²) in [5.41, 5.74) is 1.56. The molecule has 3 rings (SSSR count). The number of nitrogens with one attached hydrogen (secondary N) is 2. The smallest absolute Gasteiger partial charge is 0.272 e. The Kier molecular flexibility index (Phi) is 5.42. The molecule has 1 fully saturated rings. The van der Waals surface area contributed by atoms with Gasteiger partial charge in [0, 0.05) is 17.5 Å². The van der Waals surface area contributed by atoms with E-state index >= 15 is 0 Å². The molecule has 1 aromatic carbocycles. The molecule has 1 saturated heterocycles. The molecule has 5 nitrogen and oxygen atoms in total. The second kappa shape index (κ2) is 7.11. The molecule has 0 aliphatic carbocycles. The molecule has 120 valence electrons. The molecule has 0 bridgehead atoms. The van der Waals surface area contributed by atoms with Gasteiger partial charge < -0.3 is 10.6 Å². The van der Waals surface area contributed by atoms with E-state index in [0.29, 0.717) is 5.69 Å². The van der Waals surface area contributed by atoms with Gasteiger partial charge in [-0.05, 0) is 45.8 Å². The maximum absolute atomic E-state index is 12.6. The maximum atomic E-state index is 12.6. The number of para-hydroxylation sites is 1. The Labute approximate surface area is 136 Å². The summed E-state index contributed by atoms with van der Waals surface area (Å²) in [5, 5.41) is 11.9. The number of benzene rings is 1. The van der Waals surface area contributed by atoms with E-state index in [1.807, 2.05) is 28.9 Å². The monoisotopic (exact) mass is 322 g/mol. The summed E-state index contributed by atoms with van der Waals surface area (Å²) in [6.45, 7) is 6.08. The van der Waals surface area contributed by atoms with Crippen LogP contribution in [0.15, 0.2) is 24.3 Å². The van der Waals surface area contributed by atoms with Gasteiger partial charge in [0.2, 0.25) is 0 Å². The van der Waals surface area contributed by atoms with Gasteiger partial charge in [-0.3, -0.25) is 9.48 Å². The lowest BCUT2D eigenvalue weighted by molar-refractivity contribution is 0.0925. The topological polar surface area (TPSA) is 59.0 Å². The van der Waals surface area contributed by atoms with E-state index in [1.54, 1.807) is 0 Å². The molecule has 0 unspecified atom stereocenters. The second-order valence-electron chi connectivity index (χ2n) is 5.90. The molecule has 0 saturated carbocycles. The SMILES string of the molecule is CC(C)n1nc(C(=O)NC2CCNCC2)c2ccccc21.Cl. The van der Waals surface area contributed by atoms with Crippen molar-refractivity contribution in [2.24, 2.45) is 0 Å². The van der Waals surface area contributed by atoms with Crippen molar-refractivity contribution in [3.63, 3.8) is 0 Å². The lowest BCUT2D eigenvalue weighted by atomic mass is 10.1. The van der Waals surface area contributed by atoms with Crippen LogP contribution in [0.25, 0.3) is 10.9 Å². The Morgan fingerprint density at radius 3 is 2.68 bits per heavy atom. The molecule has 1 aliphatic heterocycles. The Morgan fingerprint density at radius 1 is 1.32 bits per heavy atom. The van der Waals surface area contributed by atoms with E-state index in [0.717, 1.165) is 36.8 Å². The fraction of sp³-hybridized carbons (Fsp3) is 0.500. The lowest BCUT2D eigenvalue weighted by Gasteiger charge is -2.23. The Hall–Kier alpha value is -1.59. The van der Waals surface area contributed by atoms with Crippen LogP contribution in [-0.4, -0.2) is 34.8 Å². The van der Waals surface area contributed by atoms with Gasteiger partial charge >= 0.3 is 0 Å². The van der Waals surface area contributed by atoms with Gasteiger partial charge in [0.15, 0.2) is 5.69 Å². The van der Waals surface area contributed by atoms with Crippen LogP contribution in [0, 0.1) is 0 Å². The highest BCUT2D eigenvalue weighted by molar-refractivity contribution is 6.05. The highest BCUT2D eigenvalue weighted by atomic mass is 35.5. The summed E-state index contributed by atoms with van der Waals surface area (Å²) in [4.78, 5) is 12.6. The summed E-state index contributed by atoms with van der Waals surface area (Å²) >= 11 is 0. The van der Waals surface area contributed by atoms with Crippen molar-refractivity contribution in [1.82, 2.24) is 20.4 Å². The van der Waals surface area contributed by atoms with Gasteiger partial charge in [0.05, 0.1) is 5.52 Å². The summed E-state index contributed by atoms with van der Waals surface area (Å²) in [5.74, 6) is -0.0579. The summed E-state index contributed by atoms with van der Waals surface area (Å²) in [7, 11) is 0. The van der Waals surface area contributed by atoms with Crippen molar-refractivity contribution < 1.29 is 4.79 Å². The van der Waals surface area contributed by atoms with Gasteiger partial charge in [-0.1, -0.05) is 18.2 Å². The average molecular weight is 323 g/mol. The lowest BCUT2D eigenvalue weighted by Crippen LogP contribution is -2.42. The molecule has 2 N–H and O–H groups in total. The molecule has 6 heteroatoms. The third-order valence-electron chi connectivity index (χ3n) is 3.99. The van der Waals surface area contributed by atoms with Crippen molar-refractivity contribution in [2.75, 3.05) is 13.1 Å². The van der Waals surface area contributed by atoms with E-state index in [-0.39, 0.29) is 30.4 Å². The Morgan fingerprint density at radius 2 is 2.00 bits per heavy atom. The Bertz CT molecular complexity index is 647. The average Bonchev–Trinajstić information content (AvgIpc) is 2.88. The number of piperidine rings is 1. The van der Waals surface area contributed by atoms with Gasteiger partial charge in [-0.25, -0.2) is 0 Å². The first-order valence-corrected chi connectivity index (χ1v) is 7.65. The van der Waals surface area contributed by atoms with E-state index in [9.17, 15) is 4.79 Å². The van der Waals surface area contributed by atoms with Crippen molar-refractivity contribution in [1.29, 1.82) is 0 Å². The number of halogens is 1. The first-order chi connectivity index (χ1) is 10.2. The van der Waals surface area contributed by atoms with Gasteiger partial charge in [-0.2, -0.15) is 5.10 Å². The number of hydrogen-bond acceptors (Lipinski definition) is 3. The van der Waals surface area contributed by atoms with E-state index in [2.05, 4.69) is 29.6 Å². The van der Waals surface area contributed by atoms with Crippen LogP contribution in [0.1, 0.15) is 43.2 Å². The van der Waals surface area contributed by atoms with Crippen LogP contribution in [0.5, 0.6) is 0 Å². The predicted octanol–water partition coefficient (Wildman–Crippen LogP) is 2.52. The number of amides is 1. The second-order valence-corrected chi connectivity index (χ2v) is 5.90. The molecule has 0 radical (unpaired) electrons. The van der Waals surface area contributed by atoms with E-state index in [1.165, 1.54) is 0 Å². The molecular formula is C16H23ClN4O. The minimum Gasteiger partial charge on any atom is -0.348 e. The maximum Gasteiger partial charge on any atom is 0.272 e. The van der Waals surface area contributed by atoms with E-state index < -0.39 is 0 Å². The van der Waals surface area contributed by atoms with Gasteiger partial charge in [0.1, 0.15) is 0 Å². The highest BCUT2D eigenvalue weighted by Gasteiger charge is 2.21. The van der Waals surface area contributed by atoms with Gasteiger partial charge in [0.25, 0.3) is 5.91 Å². The standard InChI is InChI=1S/C16H22N4O.ClH/c1-11(2)20-14-6-4-3-5-13(14)15(19-20)16(21)18-12-7-9-17-10-8-12;/h3-6,11-12,17H,7-10H2,1-2H3,(H,18,21);1H. The largest absolute Gasteiger partial charge is 0.348 e.